The van der Waals surface area contributed by atoms with Gasteiger partial charge in [-0.05, 0) is 24.6 Å². The largest absolute Gasteiger partial charge is 0.447 e. The van der Waals surface area contributed by atoms with Crippen LogP contribution in [0.15, 0.2) is 41.6 Å². The Kier molecular flexibility index (Phi) is 4.48. The molecule has 1 aliphatic rings. The summed E-state index contributed by atoms with van der Waals surface area (Å²) in [6.45, 7) is 2.15. The topological polar surface area (TPSA) is 85.2 Å². The predicted octanol–water partition coefficient (Wildman–Crippen LogP) is 2.11. The van der Waals surface area contributed by atoms with Crippen LogP contribution in [0.4, 0.5) is 10.5 Å². The summed E-state index contributed by atoms with van der Waals surface area (Å²) in [6.07, 6.45) is 3.16. The fourth-order valence-corrected chi connectivity index (χ4v) is 3.14. The maximum atomic E-state index is 12.1. The highest BCUT2D eigenvalue weighted by Crippen LogP contribution is 2.27. The lowest BCUT2D eigenvalue weighted by atomic mass is 9.93. The van der Waals surface area contributed by atoms with Crippen molar-refractivity contribution in [3.05, 3.63) is 42.2 Å². The van der Waals surface area contributed by atoms with Crippen LogP contribution in [-0.4, -0.2) is 34.1 Å². The highest BCUT2D eigenvalue weighted by Gasteiger charge is 2.36. The van der Waals surface area contributed by atoms with Gasteiger partial charge in [0.1, 0.15) is 6.61 Å². The number of ether oxygens (including phenoxy) is 1. The van der Waals surface area contributed by atoms with Crippen molar-refractivity contribution in [1.82, 2.24) is 15.1 Å². The van der Waals surface area contributed by atoms with E-state index in [4.69, 9.17) is 4.74 Å². The summed E-state index contributed by atoms with van der Waals surface area (Å²) in [5, 5.41) is 9.73. The van der Waals surface area contributed by atoms with Crippen LogP contribution < -0.4 is 10.6 Å². The van der Waals surface area contributed by atoms with Gasteiger partial charge in [0, 0.05) is 23.8 Å². The smallest absolute Gasteiger partial charge is 0.408 e. The Morgan fingerprint density at radius 2 is 2.38 bits per heavy atom. The number of nitrogens with one attached hydrogen (secondary N) is 2. The molecule has 2 amide bonds. The molecule has 7 nitrogen and oxygen atoms in total. The third kappa shape index (κ3) is 3.70. The number of aromatic nitrogens is 2. The lowest BCUT2D eigenvalue weighted by molar-refractivity contribution is -0.113. The molecule has 1 fully saturated rings. The molecule has 1 atom stereocenters. The standard InChI is InChI=1S/C16H18N4O3S/c1-16(10-23-15(22)19-16)11-4-3-5-12(6-11)18-14(21)9-24-13-7-17-20(2)8-13/h3-8H,9-10H2,1-2H3,(H,18,21)(H,19,22). The number of amides is 2. The van der Waals surface area contributed by atoms with E-state index in [1.165, 1.54) is 11.8 Å². The van der Waals surface area contributed by atoms with Crippen molar-refractivity contribution in [2.75, 3.05) is 17.7 Å². The van der Waals surface area contributed by atoms with Crippen LogP contribution in [0, 0.1) is 0 Å². The zero-order valence-electron chi connectivity index (χ0n) is 13.4. The van der Waals surface area contributed by atoms with Crippen molar-refractivity contribution < 1.29 is 14.3 Å². The van der Waals surface area contributed by atoms with Gasteiger partial charge in [-0.1, -0.05) is 12.1 Å². The Bertz CT molecular complexity index is 776. The molecule has 2 aromatic rings. The van der Waals surface area contributed by atoms with E-state index in [0.29, 0.717) is 11.4 Å². The van der Waals surface area contributed by atoms with Gasteiger partial charge >= 0.3 is 6.09 Å². The number of hydrogen-bond donors (Lipinski definition) is 2. The number of thioether (sulfide) groups is 1. The molecule has 126 valence electrons. The third-order valence-corrected chi connectivity index (χ3v) is 4.66. The van der Waals surface area contributed by atoms with E-state index in [1.54, 1.807) is 10.9 Å². The number of carbonyl (C=O) groups is 2. The minimum Gasteiger partial charge on any atom is -0.447 e. The summed E-state index contributed by atoms with van der Waals surface area (Å²) in [6, 6.07) is 7.41. The first kappa shape index (κ1) is 16.4. The van der Waals surface area contributed by atoms with E-state index in [1.807, 2.05) is 44.4 Å². The second-order valence-electron chi connectivity index (χ2n) is 5.80. The number of alkyl carbamates (subject to hydrolysis) is 1. The number of benzene rings is 1. The average Bonchev–Trinajstić information content (AvgIpc) is 3.12. The van der Waals surface area contributed by atoms with Crippen LogP contribution in [0.2, 0.25) is 0 Å². The lowest BCUT2D eigenvalue weighted by Gasteiger charge is -2.22. The van der Waals surface area contributed by atoms with Crippen molar-refractivity contribution in [3.8, 4) is 0 Å². The van der Waals surface area contributed by atoms with E-state index in [9.17, 15) is 9.59 Å². The number of hydrogen-bond acceptors (Lipinski definition) is 5. The Morgan fingerprint density at radius 1 is 1.54 bits per heavy atom. The summed E-state index contributed by atoms with van der Waals surface area (Å²) in [4.78, 5) is 24.4. The quantitative estimate of drug-likeness (QED) is 0.810. The molecule has 1 unspecified atom stereocenters. The molecule has 8 heteroatoms. The molecule has 1 aromatic heterocycles. The number of anilines is 1. The van der Waals surface area contributed by atoms with Gasteiger partial charge in [-0.15, -0.1) is 11.8 Å². The van der Waals surface area contributed by atoms with E-state index in [0.717, 1.165) is 10.5 Å². The number of cyclic esters (lactones) is 1. The minimum absolute atomic E-state index is 0.0992. The molecule has 0 saturated carbocycles. The number of nitrogens with zero attached hydrogens (tertiary/aromatic N) is 2. The van der Waals surface area contributed by atoms with Crippen LogP contribution in [0.25, 0.3) is 0 Å². The predicted molar refractivity (Wildman–Crippen MR) is 90.8 cm³/mol. The fraction of sp³-hybridized carbons (Fsp3) is 0.312. The van der Waals surface area contributed by atoms with E-state index >= 15 is 0 Å². The highest BCUT2D eigenvalue weighted by molar-refractivity contribution is 8.00. The number of rotatable bonds is 5. The lowest BCUT2D eigenvalue weighted by Crippen LogP contribution is -2.37. The van der Waals surface area contributed by atoms with Gasteiger partial charge in [-0.2, -0.15) is 5.10 Å². The van der Waals surface area contributed by atoms with Gasteiger partial charge in [-0.25, -0.2) is 4.79 Å². The van der Waals surface area contributed by atoms with Crippen molar-refractivity contribution in [1.29, 1.82) is 0 Å². The van der Waals surface area contributed by atoms with Gasteiger partial charge in [0.2, 0.25) is 5.91 Å². The second-order valence-corrected chi connectivity index (χ2v) is 6.85. The second kappa shape index (κ2) is 6.56. The molecule has 1 aromatic carbocycles. The van der Waals surface area contributed by atoms with E-state index in [2.05, 4.69) is 15.7 Å². The van der Waals surface area contributed by atoms with Gasteiger partial charge in [0.25, 0.3) is 0 Å². The van der Waals surface area contributed by atoms with Gasteiger partial charge < -0.3 is 15.4 Å². The zero-order chi connectivity index (χ0) is 17.2. The van der Waals surface area contributed by atoms with Crippen molar-refractivity contribution >= 4 is 29.4 Å². The van der Waals surface area contributed by atoms with Crippen LogP contribution in [0.3, 0.4) is 0 Å². The first-order chi connectivity index (χ1) is 11.4. The van der Waals surface area contributed by atoms with Crippen LogP contribution in [0.1, 0.15) is 12.5 Å². The monoisotopic (exact) mass is 346 g/mol. The SMILES string of the molecule is Cn1cc(SCC(=O)Nc2cccc(C3(C)COC(=O)N3)c2)cn1. The van der Waals surface area contributed by atoms with Crippen LogP contribution in [0.5, 0.6) is 0 Å². The Hall–Kier alpha value is -2.48. The molecule has 0 aliphatic carbocycles. The summed E-state index contributed by atoms with van der Waals surface area (Å²) < 4.78 is 6.68. The minimum atomic E-state index is -0.581. The zero-order valence-corrected chi connectivity index (χ0v) is 14.2. The molecule has 1 aliphatic heterocycles. The average molecular weight is 346 g/mol. The maximum Gasteiger partial charge on any atom is 0.408 e. The molecular formula is C16H18N4O3S. The highest BCUT2D eigenvalue weighted by atomic mass is 32.2. The van der Waals surface area contributed by atoms with Crippen LogP contribution in [-0.2, 0) is 22.1 Å². The van der Waals surface area contributed by atoms with Gasteiger partial charge in [-0.3, -0.25) is 9.48 Å². The van der Waals surface area contributed by atoms with Gasteiger partial charge in [0.05, 0.1) is 17.5 Å². The molecule has 2 N–H and O–H groups in total. The Morgan fingerprint density at radius 3 is 3.04 bits per heavy atom. The van der Waals surface area contributed by atoms with E-state index in [-0.39, 0.29) is 12.5 Å². The first-order valence-electron chi connectivity index (χ1n) is 7.41. The molecule has 0 bridgehead atoms. The summed E-state index contributed by atoms with van der Waals surface area (Å²) >= 11 is 1.43. The molecule has 3 rings (SSSR count). The molecule has 2 heterocycles. The molecule has 24 heavy (non-hydrogen) atoms. The summed E-state index contributed by atoms with van der Waals surface area (Å²) in [7, 11) is 1.84. The van der Waals surface area contributed by atoms with Gasteiger partial charge in [0.15, 0.2) is 0 Å². The Balaban J connectivity index is 1.62. The fourth-order valence-electron chi connectivity index (χ4n) is 2.42. The van der Waals surface area contributed by atoms with Crippen molar-refractivity contribution in [3.63, 3.8) is 0 Å². The Labute approximate surface area is 143 Å². The maximum absolute atomic E-state index is 12.1. The van der Waals surface area contributed by atoms with Crippen molar-refractivity contribution in [2.24, 2.45) is 7.05 Å². The number of carbonyl (C=O) groups excluding carboxylic acids is 2. The number of aryl methyl sites for hydroxylation is 1. The molecular weight excluding hydrogens is 328 g/mol. The van der Waals surface area contributed by atoms with Crippen molar-refractivity contribution in [2.45, 2.75) is 17.4 Å². The van der Waals surface area contributed by atoms with E-state index < -0.39 is 11.6 Å². The summed E-state index contributed by atoms with van der Waals surface area (Å²) in [5.41, 5.74) is 0.986. The van der Waals surface area contributed by atoms with Crippen LogP contribution >= 0.6 is 11.8 Å². The normalized spacial score (nSPS) is 19.7. The summed E-state index contributed by atoms with van der Waals surface area (Å²) in [5.74, 6) is 0.199. The molecule has 0 spiro atoms. The molecule has 0 radical (unpaired) electrons. The first-order valence-corrected chi connectivity index (χ1v) is 8.40. The molecule has 1 saturated heterocycles. The third-order valence-electron chi connectivity index (χ3n) is 3.70.